The normalized spacial score (nSPS) is 15.9. The summed E-state index contributed by atoms with van der Waals surface area (Å²) in [6.07, 6.45) is 3.97. The second-order valence-corrected chi connectivity index (χ2v) is 8.81. The number of urea groups is 1. The van der Waals surface area contributed by atoms with Crippen LogP contribution in [0.15, 0.2) is 41.9 Å². The Morgan fingerprint density at radius 2 is 1.82 bits per heavy atom. The van der Waals surface area contributed by atoms with E-state index in [1.807, 2.05) is 46.8 Å². The van der Waals surface area contributed by atoms with Crippen LogP contribution in [0.4, 0.5) is 10.5 Å². The molecule has 2 N–H and O–H groups in total. The lowest BCUT2D eigenvalue weighted by Crippen LogP contribution is -2.43. The highest BCUT2D eigenvalue weighted by Crippen LogP contribution is 2.31. The summed E-state index contributed by atoms with van der Waals surface area (Å²) in [5.41, 5.74) is 3.99. The summed E-state index contributed by atoms with van der Waals surface area (Å²) < 4.78 is 5.30. The van der Waals surface area contributed by atoms with Crippen molar-refractivity contribution in [1.82, 2.24) is 19.8 Å². The van der Waals surface area contributed by atoms with Crippen molar-refractivity contribution in [2.24, 2.45) is 0 Å². The fraction of sp³-hybridized carbons (Fsp3) is 0.375. The fourth-order valence-electron chi connectivity index (χ4n) is 3.99. The van der Waals surface area contributed by atoms with Crippen LogP contribution < -0.4 is 5.32 Å². The van der Waals surface area contributed by atoms with E-state index in [2.05, 4.69) is 10.3 Å². The minimum atomic E-state index is -0.118. The van der Waals surface area contributed by atoms with Gasteiger partial charge < -0.3 is 24.8 Å². The summed E-state index contributed by atoms with van der Waals surface area (Å²) in [5, 5.41) is 5.81. The predicted octanol–water partition coefficient (Wildman–Crippen LogP) is 4.54. The lowest BCUT2D eigenvalue weighted by atomic mass is 10.2. The second kappa shape index (κ2) is 10.2. The maximum absolute atomic E-state index is 12.6. The zero-order valence-corrected chi connectivity index (χ0v) is 18.5. The zero-order chi connectivity index (χ0) is 21.9. The zero-order valence-electron chi connectivity index (χ0n) is 17.7. The molecule has 0 spiro atoms. The minimum Gasteiger partial charge on any atom is -0.378 e. The van der Waals surface area contributed by atoms with Gasteiger partial charge in [0, 0.05) is 54.6 Å². The molecule has 0 saturated carbocycles. The lowest BCUT2D eigenvalue weighted by molar-refractivity contribution is 0.0564. The van der Waals surface area contributed by atoms with Crippen molar-refractivity contribution >= 4 is 29.0 Å². The van der Waals surface area contributed by atoms with Crippen molar-refractivity contribution in [3.05, 3.63) is 47.6 Å². The third-order valence-corrected chi connectivity index (χ3v) is 6.66. The van der Waals surface area contributed by atoms with Crippen LogP contribution in [0.5, 0.6) is 0 Å². The number of hydrogen-bond acceptors (Lipinski definition) is 5. The third kappa shape index (κ3) is 5.09. The molecule has 2 aliphatic rings. The van der Waals surface area contributed by atoms with Crippen molar-refractivity contribution in [2.75, 3.05) is 44.7 Å². The van der Waals surface area contributed by atoms with Crippen molar-refractivity contribution in [3.8, 4) is 21.8 Å². The average Bonchev–Trinajstić information content (AvgIpc) is 3.61. The number of thiazole rings is 1. The van der Waals surface area contributed by atoms with Crippen LogP contribution in [0, 0.1) is 0 Å². The molecule has 33 heavy (non-hydrogen) atoms. The van der Waals surface area contributed by atoms with E-state index in [1.165, 1.54) is 11.3 Å². The summed E-state index contributed by atoms with van der Waals surface area (Å²) in [4.78, 5) is 36.6. The Labute approximate surface area is 197 Å². The van der Waals surface area contributed by atoms with Gasteiger partial charge in [-0.1, -0.05) is 19.6 Å². The molecule has 4 heterocycles. The van der Waals surface area contributed by atoms with Gasteiger partial charge in [0.05, 0.1) is 18.9 Å². The van der Waals surface area contributed by atoms with Gasteiger partial charge in [-0.05, 0) is 31.0 Å². The van der Waals surface area contributed by atoms with Gasteiger partial charge in [0.15, 0.2) is 0 Å². The van der Waals surface area contributed by atoms with Crippen LogP contribution in [0.25, 0.3) is 21.8 Å². The highest BCUT2D eigenvalue weighted by molar-refractivity contribution is 7.13. The second-order valence-electron chi connectivity index (χ2n) is 7.95. The minimum absolute atomic E-state index is 0. The maximum atomic E-state index is 12.6. The Kier molecular flexibility index (Phi) is 7.10. The van der Waals surface area contributed by atoms with Gasteiger partial charge in [0.1, 0.15) is 10.7 Å². The number of ether oxygens (including phenoxy) is 1. The number of anilines is 1. The Morgan fingerprint density at radius 3 is 2.61 bits per heavy atom. The summed E-state index contributed by atoms with van der Waals surface area (Å²) in [7, 11) is 0. The number of likely N-dealkylation sites (tertiary alicyclic amines) is 1. The molecule has 3 amide bonds. The number of amides is 3. The van der Waals surface area contributed by atoms with Gasteiger partial charge in [0.25, 0.3) is 5.91 Å². The summed E-state index contributed by atoms with van der Waals surface area (Å²) in [6.45, 7) is 3.99. The number of morpholine rings is 1. The number of carbonyl (C=O) groups excluding carboxylic acids is 2. The fourth-order valence-corrected chi connectivity index (χ4v) is 4.82. The largest absolute Gasteiger partial charge is 0.378 e. The number of nitrogens with zero attached hydrogens (tertiary/aromatic N) is 3. The number of H-pyrrole nitrogens is 1. The first kappa shape index (κ1) is 23.0. The highest BCUT2D eigenvalue weighted by atomic mass is 32.1. The van der Waals surface area contributed by atoms with Crippen LogP contribution in [-0.4, -0.2) is 71.1 Å². The van der Waals surface area contributed by atoms with Gasteiger partial charge in [-0.3, -0.25) is 4.79 Å². The average molecular weight is 468 g/mol. The Hall–Kier alpha value is -3.17. The van der Waals surface area contributed by atoms with E-state index in [1.54, 1.807) is 4.90 Å². The lowest BCUT2D eigenvalue weighted by Gasteiger charge is -2.26. The molecule has 1 aromatic carbocycles. The van der Waals surface area contributed by atoms with Gasteiger partial charge in [0.2, 0.25) is 0 Å². The Bertz CT molecular complexity index is 1110. The molecule has 174 valence electrons. The number of hydrogen-bond donors (Lipinski definition) is 2. The number of benzene rings is 1. The quantitative estimate of drug-likeness (QED) is 0.589. The molecular weight excluding hydrogens is 438 g/mol. The molecule has 0 bridgehead atoms. The van der Waals surface area contributed by atoms with Crippen molar-refractivity contribution in [2.45, 2.75) is 20.3 Å². The standard InChI is InChI=1S/C23H25N5O3S.CH4/c29-22(27-6-1-2-7-27)19-13-17(14-24-19)20-15-32-21(26-20)16-4-3-5-18(12-16)25-23(30)28-8-10-31-11-9-28;/h3-5,12-15,24H,1-2,6-11H2,(H,25,30);1H4. The Morgan fingerprint density at radius 1 is 1.03 bits per heavy atom. The van der Waals surface area contributed by atoms with Crippen LogP contribution in [0.1, 0.15) is 30.8 Å². The van der Waals surface area contributed by atoms with E-state index in [4.69, 9.17) is 9.72 Å². The van der Waals surface area contributed by atoms with E-state index in [0.29, 0.717) is 32.0 Å². The van der Waals surface area contributed by atoms with E-state index in [9.17, 15) is 9.59 Å². The summed E-state index contributed by atoms with van der Waals surface area (Å²) in [5.74, 6) is 0.0490. The van der Waals surface area contributed by atoms with Gasteiger partial charge >= 0.3 is 6.03 Å². The molecular formula is C24H29N5O3S. The Balaban J connectivity index is 0.00000259. The molecule has 3 aromatic rings. The monoisotopic (exact) mass is 467 g/mol. The molecule has 0 unspecified atom stereocenters. The third-order valence-electron chi connectivity index (χ3n) is 5.77. The molecule has 2 saturated heterocycles. The molecule has 5 rings (SSSR count). The smallest absolute Gasteiger partial charge is 0.321 e. The van der Waals surface area contributed by atoms with Crippen LogP contribution in [0.3, 0.4) is 0 Å². The van der Waals surface area contributed by atoms with Crippen molar-refractivity contribution in [3.63, 3.8) is 0 Å². The summed E-state index contributed by atoms with van der Waals surface area (Å²) >= 11 is 1.54. The number of carbonyl (C=O) groups is 2. The number of nitrogens with one attached hydrogen (secondary N) is 2. The predicted molar refractivity (Wildman–Crippen MR) is 131 cm³/mol. The van der Waals surface area contributed by atoms with E-state index in [0.717, 1.165) is 53.4 Å². The first-order chi connectivity index (χ1) is 15.7. The molecule has 2 aromatic heterocycles. The first-order valence-electron chi connectivity index (χ1n) is 10.8. The van der Waals surface area contributed by atoms with Crippen molar-refractivity contribution < 1.29 is 14.3 Å². The maximum Gasteiger partial charge on any atom is 0.321 e. The first-order valence-corrected chi connectivity index (χ1v) is 11.7. The number of rotatable bonds is 4. The van der Waals surface area contributed by atoms with Crippen LogP contribution >= 0.6 is 11.3 Å². The molecule has 0 atom stereocenters. The van der Waals surface area contributed by atoms with Crippen LogP contribution in [0.2, 0.25) is 0 Å². The van der Waals surface area contributed by atoms with E-state index >= 15 is 0 Å². The molecule has 0 radical (unpaired) electrons. The topological polar surface area (TPSA) is 90.6 Å². The highest BCUT2D eigenvalue weighted by Gasteiger charge is 2.21. The van der Waals surface area contributed by atoms with Gasteiger partial charge in [-0.25, -0.2) is 9.78 Å². The van der Waals surface area contributed by atoms with Crippen molar-refractivity contribution in [1.29, 1.82) is 0 Å². The number of aromatic nitrogens is 2. The van der Waals surface area contributed by atoms with Crippen LogP contribution in [-0.2, 0) is 4.74 Å². The molecule has 0 aliphatic carbocycles. The van der Waals surface area contributed by atoms with Gasteiger partial charge in [-0.15, -0.1) is 11.3 Å². The molecule has 9 heteroatoms. The van der Waals surface area contributed by atoms with E-state index < -0.39 is 0 Å². The van der Waals surface area contributed by atoms with Gasteiger partial charge in [-0.2, -0.15) is 0 Å². The molecule has 8 nitrogen and oxygen atoms in total. The SMILES string of the molecule is C.O=C(Nc1cccc(-c2nc(-c3c[nH]c(C(=O)N4CCCC4)c3)cs2)c1)N1CCOCC1. The summed E-state index contributed by atoms with van der Waals surface area (Å²) in [6, 6.07) is 9.45. The molecule has 2 fully saturated rings. The van der Waals surface area contributed by atoms with E-state index in [-0.39, 0.29) is 19.4 Å². The molecule has 2 aliphatic heterocycles. The number of aromatic amines is 1.